The van der Waals surface area contributed by atoms with Gasteiger partial charge in [0.05, 0.1) is 12.8 Å². The Kier molecular flexibility index (Phi) is 4.35. The van der Waals surface area contributed by atoms with Crippen molar-refractivity contribution in [3.8, 4) is 11.8 Å². The number of nitrogens with one attached hydrogen (secondary N) is 1. The van der Waals surface area contributed by atoms with Crippen LogP contribution in [0.25, 0.3) is 0 Å². The number of carbonyl (C=O) groups is 2. The SMILES string of the molecule is CC(=O)c1ccc(C#CCNC(=O)c2ccco2)cc1. The van der Waals surface area contributed by atoms with Crippen molar-refractivity contribution in [1.29, 1.82) is 0 Å². The zero-order valence-electron chi connectivity index (χ0n) is 11.0. The van der Waals surface area contributed by atoms with Crippen LogP contribution in [0.3, 0.4) is 0 Å². The lowest BCUT2D eigenvalue weighted by Crippen LogP contribution is -2.22. The minimum Gasteiger partial charge on any atom is -0.459 e. The fraction of sp³-hybridized carbons (Fsp3) is 0.125. The maximum Gasteiger partial charge on any atom is 0.287 e. The van der Waals surface area contributed by atoms with E-state index in [0.29, 0.717) is 5.56 Å². The van der Waals surface area contributed by atoms with Crippen LogP contribution in [0.1, 0.15) is 33.4 Å². The first-order chi connectivity index (χ1) is 9.66. The van der Waals surface area contributed by atoms with E-state index in [-0.39, 0.29) is 24.0 Å². The molecular formula is C16H13NO3. The average molecular weight is 267 g/mol. The van der Waals surface area contributed by atoms with E-state index in [0.717, 1.165) is 5.56 Å². The summed E-state index contributed by atoms with van der Waals surface area (Å²) in [5, 5.41) is 2.62. The van der Waals surface area contributed by atoms with Crippen molar-refractivity contribution >= 4 is 11.7 Å². The molecule has 0 spiro atoms. The summed E-state index contributed by atoms with van der Waals surface area (Å²) in [5.41, 5.74) is 1.45. The van der Waals surface area contributed by atoms with Gasteiger partial charge in [-0.05, 0) is 31.2 Å². The maximum atomic E-state index is 11.5. The largest absolute Gasteiger partial charge is 0.459 e. The highest BCUT2D eigenvalue weighted by atomic mass is 16.3. The molecule has 0 aliphatic rings. The molecule has 0 aliphatic carbocycles. The third-order valence-corrected chi connectivity index (χ3v) is 2.61. The van der Waals surface area contributed by atoms with Crippen LogP contribution in [0.5, 0.6) is 0 Å². The normalized spacial score (nSPS) is 9.45. The van der Waals surface area contributed by atoms with Gasteiger partial charge in [-0.2, -0.15) is 0 Å². The Morgan fingerprint density at radius 3 is 2.55 bits per heavy atom. The van der Waals surface area contributed by atoms with Crippen molar-refractivity contribution < 1.29 is 14.0 Å². The molecule has 20 heavy (non-hydrogen) atoms. The molecule has 0 radical (unpaired) electrons. The number of benzene rings is 1. The Morgan fingerprint density at radius 2 is 1.95 bits per heavy atom. The van der Waals surface area contributed by atoms with Gasteiger partial charge in [-0.15, -0.1) is 0 Å². The lowest BCUT2D eigenvalue weighted by Gasteiger charge is -1.96. The number of furan rings is 1. The summed E-state index contributed by atoms with van der Waals surface area (Å²) < 4.78 is 4.95. The molecule has 4 heteroatoms. The van der Waals surface area contributed by atoms with E-state index in [4.69, 9.17) is 4.42 Å². The van der Waals surface area contributed by atoms with Gasteiger partial charge >= 0.3 is 0 Å². The number of carbonyl (C=O) groups excluding carboxylic acids is 2. The number of Topliss-reactive ketones (excluding diaryl/α,β-unsaturated/α-hetero) is 1. The molecule has 1 heterocycles. The van der Waals surface area contributed by atoms with E-state index in [1.807, 2.05) is 0 Å². The summed E-state index contributed by atoms with van der Waals surface area (Å²) in [6.45, 7) is 1.75. The summed E-state index contributed by atoms with van der Waals surface area (Å²) >= 11 is 0. The first kappa shape index (κ1) is 13.6. The van der Waals surface area contributed by atoms with Crippen LogP contribution < -0.4 is 5.32 Å². The molecule has 0 atom stereocenters. The van der Waals surface area contributed by atoms with Crippen molar-refractivity contribution in [2.75, 3.05) is 6.54 Å². The fourth-order valence-electron chi connectivity index (χ4n) is 1.55. The third kappa shape index (κ3) is 3.59. The number of hydrogen-bond donors (Lipinski definition) is 1. The molecule has 1 aromatic carbocycles. The predicted octanol–water partition coefficient (Wildman–Crippen LogP) is 2.26. The molecule has 4 nitrogen and oxygen atoms in total. The first-order valence-corrected chi connectivity index (χ1v) is 6.08. The van der Waals surface area contributed by atoms with Crippen LogP contribution in [0, 0.1) is 11.8 Å². The minimum atomic E-state index is -0.295. The molecule has 2 aromatic rings. The number of hydrogen-bond acceptors (Lipinski definition) is 3. The lowest BCUT2D eigenvalue weighted by atomic mass is 10.1. The quantitative estimate of drug-likeness (QED) is 0.685. The van der Waals surface area contributed by atoms with Crippen LogP contribution >= 0.6 is 0 Å². The number of ketones is 1. The topological polar surface area (TPSA) is 59.3 Å². The van der Waals surface area contributed by atoms with Gasteiger partial charge in [-0.25, -0.2) is 0 Å². The fourth-order valence-corrected chi connectivity index (χ4v) is 1.55. The predicted molar refractivity (Wildman–Crippen MR) is 74.4 cm³/mol. The second-order valence-corrected chi connectivity index (χ2v) is 4.10. The highest BCUT2D eigenvalue weighted by Gasteiger charge is 2.05. The zero-order valence-corrected chi connectivity index (χ0v) is 11.0. The number of amides is 1. The van der Waals surface area contributed by atoms with Gasteiger partial charge in [0.1, 0.15) is 0 Å². The second kappa shape index (κ2) is 6.39. The summed E-state index contributed by atoms with van der Waals surface area (Å²) in [4.78, 5) is 22.6. The van der Waals surface area contributed by atoms with Gasteiger partial charge in [-0.1, -0.05) is 24.0 Å². The molecule has 0 unspecified atom stereocenters. The average Bonchev–Trinajstić information content (AvgIpc) is 2.98. The van der Waals surface area contributed by atoms with E-state index < -0.39 is 0 Å². The van der Waals surface area contributed by atoms with Gasteiger partial charge in [0, 0.05) is 11.1 Å². The minimum absolute atomic E-state index is 0.0234. The summed E-state index contributed by atoms with van der Waals surface area (Å²) in [5.74, 6) is 5.73. The first-order valence-electron chi connectivity index (χ1n) is 6.08. The van der Waals surface area contributed by atoms with Crippen molar-refractivity contribution in [3.05, 3.63) is 59.5 Å². The Morgan fingerprint density at radius 1 is 1.20 bits per heavy atom. The zero-order chi connectivity index (χ0) is 14.4. The van der Waals surface area contributed by atoms with Gasteiger partial charge in [0.15, 0.2) is 11.5 Å². The Balaban J connectivity index is 1.88. The monoisotopic (exact) mass is 267 g/mol. The second-order valence-electron chi connectivity index (χ2n) is 4.10. The summed E-state index contributed by atoms with van der Waals surface area (Å²) in [7, 11) is 0. The van der Waals surface area contributed by atoms with E-state index in [1.54, 1.807) is 36.4 Å². The third-order valence-electron chi connectivity index (χ3n) is 2.61. The van der Waals surface area contributed by atoms with Crippen molar-refractivity contribution in [2.45, 2.75) is 6.92 Å². The Labute approximate surface area is 116 Å². The molecule has 0 bridgehead atoms. The van der Waals surface area contributed by atoms with E-state index in [1.165, 1.54) is 13.2 Å². The van der Waals surface area contributed by atoms with Crippen LogP contribution in [-0.2, 0) is 0 Å². The molecule has 0 fully saturated rings. The van der Waals surface area contributed by atoms with Crippen molar-refractivity contribution in [3.63, 3.8) is 0 Å². The Bertz CT molecular complexity index is 658. The van der Waals surface area contributed by atoms with Crippen LogP contribution in [-0.4, -0.2) is 18.2 Å². The van der Waals surface area contributed by atoms with E-state index >= 15 is 0 Å². The van der Waals surface area contributed by atoms with Gasteiger partial charge in [0.2, 0.25) is 0 Å². The molecule has 0 aliphatic heterocycles. The molecule has 0 saturated carbocycles. The van der Waals surface area contributed by atoms with Gasteiger partial charge < -0.3 is 9.73 Å². The smallest absolute Gasteiger partial charge is 0.287 e. The molecule has 0 saturated heterocycles. The molecule has 1 amide bonds. The highest BCUT2D eigenvalue weighted by Crippen LogP contribution is 2.03. The van der Waals surface area contributed by atoms with Crippen molar-refractivity contribution in [1.82, 2.24) is 5.32 Å². The molecular weight excluding hydrogens is 254 g/mol. The summed E-state index contributed by atoms with van der Waals surface area (Å²) in [6.07, 6.45) is 1.44. The summed E-state index contributed by atoms with van der Waals surface area (Å²) in [6, 6.07) is 10.2. The lowest BCUT2D eigenvalue weighted by molar-refractivity contribution is 0.0930. The van der Waals surface area contributed by atoms with Crippen molar-refractivity contribution in [2.24, 2.45) is 0 Å². The standard InChI is InChI=1S/C16H13NO3/c1-12(18)14-8-6-13(7-9-14)4-2-10-17-16(19)15-5-3-11-20-15/h3,5-9,11H,10H2,1H3,(H,17,19). The van der Waals surface area contributed by atoms with E-state index in [9.17, 15) is 9.59 Å². The number of rotatable bonds is 3. The molecule has 2 rings (SSSR count). The Hall–Kier alpha value is -2.80. The molecule has 1 aromatic heterocycles. The van der Waals surface area contributed by atoms with Crippen LogP contribution in [0.4, 0.5) is 0 Å². The van der Waals surface area contributed by atoms with Gasteiger partial charge in [-0.3, -0.25) is 9.59 Å². The molecule has 1 N–H and O–H groups in total. The van der Waals surface area contributed by atoms with Crippen LogP contribution in [0.2, 0.25) is 0 Å². The maximum absolute atomic E-state index is 11.5. The van der Waals surface area contributed by atoms with Gasteiger partial charge in [0.25, 0.3) is 5.91 Å². The van der Waals surface area contributed by atoms with E-state index in [2.05, 4.69) is 17.2 Å². The molecule has 100 valence electrons. The van der Waals surface area contributed by atoms with Crippen LogP contribution in [0.15, 0.2) is 47.1 Å². The highest BCUT2D eigenvalue weighted by molar-refractivity contribution is 5.94.